The molecule has 0 spiro atoms. The number of carbonyl (C=O) groups excluding carboxylic acids is 4. The monoisotopic (exact) mass is 1080 g/mol. The molecule has 77 heavy (non-hydrogen) atoms. The number of nitrogens with two attached hydrogens (primary N) is 2. The number of nitrogens with zero attached hydrogens (tertiary/aromatic N) is 7. The number of aryl methyl sites for hydroxylation is 1. The van der Waals surface area contributed by atoms with Crippen LogP contribution < -0.4 is 22.5 Å². The number of methoxy groups -OCH3 is 1. The van der Waals surface area contributed by atoms with Crippen molar-refractivity contribution in [2.24, 2.45) is 11.8 Å². The molecule has 4 aromatic rings. The molecule has 5 heterocycles. The van der Waals surface area contributed by atoms with Gasteiger partial charge in [0.15, 0.2) is 18.2 Å². The van der Waals surface area contributed by atoms with Gasteiger partial charge in [-0.2, -0.15) is 4.98 Å². The van der Waals surface area contributed by atoms with Crippen LogP contribution in [0.1, 0.15) is 77.6 Å². The first kappa shape index (κ1) is 58.3. The zero-order valence-corrected chi connectivity index (χ0v) is 45.0. The van der Waals surface area contributed by atoms with Crippen molar-refractivity contribution in [2.45, 2.75) is 146 Å². The number of anilines is 2. The Balaban J connectivity index is 1.22. The number of aromatic nitrogens is 5. The van der Waals surface area contributed by atoms with E-state index >= 15 is 4.39 Å². The van der Waals surface area contributed by atoms with Gasteiger partial charge in [-0.3, -0.25) is 18.9 Å². The number of benzene rings is 2. The quantitative estimate of drug-likeness (QED) is 0.0376. The number of halogens is 1. The fraction of sp³-hybridized carbons (Fsp3) is 0.585. The number of carbonyl (C=O) groups is 4. The summed E-state index contributed by atoms with van der Waals surface area (Å²) in [6.07, 6.45) is -6.05. The van der Waals surface area contributed by atoms with E-state index in [4.69, 9.17) is 39.9 Å². The minimum atomic E-state index is -3.45. The van der Waals surface area contributed by atoms with Crippen molar-refractivity contribution >= 4 is 35.3 Å². The molecule has 2 aromatic heterocycles. The lowest BCUT2D eigenvalue weighted by molar-refractivity contribution is -0.319. The van der Waals surface area contributed by atoms with Gasteiger partial charge in [-0.25, -0.2) is 23.6 Å². The van der Waals surface area contributed by atoms with Gasteiger partial charge in [0.25, 0.3) is 11.4 Å². The van der Waals surface area contributed by atoms with Gasteiger partial charge in [0.1, 0.15) is 42.5 Å². The van der Waals surface area contributed by atoms with Gasteiger partial charge in [0.2, 0.25) is 0 Å². The summed E-state index contributed by atoms with van der Waals surface area (Å²) in [7, 11) is 4.60. The predicted molar refractivity (Wildman–Crippen MR) is 277 cm³/mol. The van der Waals surface area contributed by atoms with Crippen molar-refractivity contribution in [1.29, 1.82) is 0 Å². The molecule has 3 saturated heterocycles. The number of ether oxygens (including phenoxy) is 6. The molecule has 0 radical (unpaired) electrons. The number of Topliss-reactive ketones (excluding diaryl/α,β-unsaturated/α-hetero) is 1. The summed E-state index contributed by atoms with van der Waals surface area (Å²) in [6, 6.07) is 13.7. The van der Waals surface area contributed by atoms with E-state index in [1.165, 1.54) is 31.2 Å². The zero-order valence-electron chi connectivity index (χ0n) is 45.0. The van der Waals surface area contributed by atoms with Crippen molar-refractivity contribution < 1.29 is 62.2 Å². The molecule has 2 aromatic carbocycles. The molecular formula is C53H73FN10O13. The molecule has 23 nitrogen and oxygen atoms in total. The Morgan fingerprint density at radius 1 is 0.987 bits per heavy atom. The summed E-state index contributed by atoms with van der Waals surface area (Å²) >= 11 is 0. The van der Waals surface area contributed by atoms with E-state index in [0.29, 0.717) is 30.8 Å². The third-order valence-corrected chi connectivity index (χ3v) is 15.0. The molecule has 3 fully saturated rings. The van der Waals surface area contributed by atoms with E-state index in [1.807, 2.05) is 19.1 Å². The minimum Gasteiger partial charge on any atom is -0.459 e. The molecule has 1 amide bonds. The number of rotatable bonds is 15. The second kappa shape index (κ2) is 24.1. The Bertz CT molecular complexity index is 2770. The number of hydrogen-bond donors (Lipinski definition) is 5. The number of amides is 1. The lowest BCUT2D eigenvalue weighted by Gasteiger charge is -2.48. The number of unbranched alkanes of at least 4 members (excludes halogenated alkanes) is 1. The van der Waals surface area contributed by atoms with E-state index in [1.54, 1.807) is 93.1 Å². The van der Waals surface area contributed by atoms with Gasteiger partial charge in [-0.1, -0.05) is 56.3 Å². The van der Waals surface area contributed by atoms with Crippen LogP contribution in [0.3, 0.4) is 0 Å². The maximum Gasteiger partial charge on any atom is 0.412 e. The Kier molecular flexibility index (Phi) is 18.2. The largest absolute Gasteiger partial charge is 0.459 e. The summed E-state index contributed by atoms with van der Waals surface area (Å²) in [4.78, 5) is 78.0. The molecule has 24 heteroatoms. The van der Waals surface area contributed by atoms with Crippen LogP contribution in [0, 0.1) is 11.8 Å². The molecule has 3 aliphatic heterocycles. The number of aliphatic hydroxyl groups excluding tert-OH is 2. The molecule has 7 rings (SSSR count). The summed E-state index contributed by atoms with van der Waals surface area (Å²) < 4.78 is 57.4. The Morgan fingerprint density at radius 3 is 2.36 bits per heavy atom. The Labute approximate surface area is 446 Å². The van der Waals surface area contributed by atoms with Crippen molar-refractivity contribution in [3.05, 3.63) is 89.1 Å². The van der Waals surface area contributed by atoms with Crippen LogP contribution in [0.25, 0.3) is 11.3 Å². The third kappa shape index (κ3) is 12.2. The van der Waals surface area contributed by atoms with Crippen LogP contribution in [0.5, 0.6) is 0 Å². The van der Waals surface area contributed by atoms with E-state index in [0.717, 1.165) is 17.1 Å². The van der Waals surface area contributed by atoms with Gasteiger partial charge in [0, 0.05) is 49.6 Å². The van der Waals surface area contributed by atoms with Gasteiger partial charge in [-0.15, -0.1) is 5.10 Å². The number of cyclic esters (lactones) is 1. The van der Waals surface area contributed by atoms with Crippen molar-refractivity contribution in [1.82, 2.24) is 39.7 Å². The summed E-state index contributed by atoms with van der Waals surface area (Å²) in [5.74, 6) is -5.76. The Hall–Kier alpha value is -6.41. The van der Waals surface area contributed by atoms with Crippen molar-refractivity contribution in [2.75, 3.05) is 52.4 Å². The van der Waals surface area contributed by atoms with Crippen LogP contribution in [0.2, 0.25) is 0 Å². The number of nitrogen functional groups attached to an aromatic ring is 2. The highest BCUT2D eigenvalue weighted by Crippen LogP contribution is 2.44. The highest BCUT2D eigenvalue weighted by molar-refractivity contribution is 6.08. The van der Waals surface area contributed by atoms with E-state index in [9.17, 15) is 34.2 Å². The lowest BCUT2D eigenvalue weighted by atomic mass is 9.78. The third-order valence-electron chi connectivity index (χ3n) is 15.0. The molecule has 420 valence electrons. The van der Waals surface area contributed by atoms with E-state index in [2.05, 4.69) is 20.6 Å². The molecule has 7 N–H and O–H groups in total. The number of hydrogen-bond acceptors (Lipinski definition) is 20. The van der Waals surface area contributed by atoms with Crippen molar-refractivity contribution in [3.63, 3.8) is 0 Å². The number of aliphatic hydroxyl groups is 2. The maximum absolute atomic E-state index is 17.7. The summed E-state index contributed by atoms with van der Waals surface area (Å²) in [5.41, 5.74) is 6.05. The number of likely N-dealkylation sites (N-methyl/N-ethyl adjacent to an activating group) is 1. The van der Waals surface area contributed by atoms with Crippen LogP contribution in [-0.4, -0.2) is 175 Å². The average molecular weight is 1080 g/mol. The highest BCUT2D eigenvalue weighted by atomic mass is 19.1. The number of ketones is 1. The van der Waals surface area contributed by atoms with Gasteiger partial charge in [0.05, 0.1) is 29.5 Å². The first-order valence-corrected chi connectivity index (χ1v) is 25.9. The molecule has 3 aliphatic rings. The number of alkyl halides is 1. The van der Waals surface area contributed by atoms with Crippen molar-refractivity contribution in [3.8, 4) is 11.3 Å². The predicted octanol–water partition coefficient (Wildman–Crippen LogP) is 2.92. The number of fused-ring (bicyclic) bond motifs is 1. The second-order valence-corrected chi connectivity index (χ2v) is 20.9. The normalized spacial score (nSPS) is 32.5. The van der Waals surface area contributed by atoms with Crippen LogP contribution in [-0.2, 0) is 50.3 Å². The number of nitrogens with one attached hydrogen (secondary N) is 1. The first-order chi connectivity index (χ1) is 36.5. The van der Waals surface area contributed by atoms with Crippen LogP contribution >= 0.6 is 0 Å². The molecular weight excluding hydrogens is 1000 g/mol. The zero-order chi connectivity index (χ0) is 56.1. The smallest absolute Gasteiger partial charge is 0.412 e. The molecule has 14 atom stereocenters. The van der Waals surface area contributed by atoms with Gasteiger partial charge >= 0.3 is 23.7 Å². The number of esters is 2. The lowest BCUT2D eigenvalue weighted by Crippen LogP contribution is -2.66. The SMILES string of the molecule is CC[C@H]1OC(=O)[C@@](C)(F)C(=O)[C@H](C)[C@@H](O[C@@H]2O[C@H](COC(=O)c3ccccc3)C(O)C(N(C)C)C2O)[C@](C)(OC)C[C@@H](C)CN[C@H](C)[C@H]2N(CCCCn3cc(-c4cccc(N)c4)nn3)C(=O)O[C@]12n1ccc(N)nc1=O. The van der Waals surface area contributed by atoms with E-state index in [-0.39, 0.29) is 43.2 Å². The average Bonchev–Trinajstić information content (AvgIpc) is 4.11. The van der Waals surface area contributed by atoms with Crippen LogP contribution in [0.4, 0.5) is 20.7 Å². The fourth-order valence-electron chi connectivity index (χ4n) is 11.0. The molecule has 0 bridgehead atoms. The molecule has 0 saturated carbocycles. The Morgan fingerprint density at radius 2 is 1.70 bits per heavy atom. The molecule has 0 aliphatic carbocycles. The molecule has 3 unspecified atom stereocenters. The standard InChI is InChI=1S/C53H73FN10O13/c1-10-38-53(64-24-21-39(56)58-49(64)70)43(63(50(71)77-53)23-15-14-22-62-28-36(59-60-62)34-19-16-20-35(55)25-34)32(4)57-27-30(2)26-51(5,72-9)45(31(3)44(67)52(6,54)48(69)75-38)76-47-42(66)40(61(7)8)41(65)37(74-47)29-73-46(68)33-17-12-11-13-18-33/h11-13,16-21,24-25,28,30-32,37-38,40-43,45,47,57,65-66H,10,14-15,22-23,26-27,29,55H2,1-9H3,(H2,56,58,70)/t30-,31+,32-,37-,38-,40?,41?,42?,43-,45-,47+,51-,52+,53-/m1/s1. The highest BCUT2D eigenvalue weighted by Gasteiger charge is 2.64. The van der Waals surface area contributed by atoms with Gasteiger partial charge < -0.3 is 60.3 Å². The summed E-state index contributed by atoms with van der Waals surface area (Å²) in [5, 5.41) is 35.5. The van der Waals surface area contributed by atoms with E-state index < -0.39 is 114 Å². The minimum absolute atomic E-state index is 0.0693. The summed E-state index contributed by atoms with van der Waals surface area (Å²) in [6.45, 7) is 9.19. The first-order valence-electron chi connectivity index (χ1n) is 25.9. The second-order valence-electron chi connectivity index (χ2n) is 20.9. The topological polar surface area (TPSA) is 300 Å². The maximum atomic E-state index is 17.7. The van der Waals surface area contributed by atoms with Gasteiger partial charge in [-0.05, 0) is 103 Å². The fourth-order valence-corrected chi connectivity index (χ4v) is 11.0. The van der Waals surface area contributed by atoms with Crippen LogP contribution in [0.15, 0.2) is 77.9 Å².